The van der Waals surface area contributed by atoms with E-state index >= 15 is 0 Å². The van der Waals surface area contributed by atoms with Crippen molar-refractivity contribution in [3.8, 4) is 5.75 Å². The van der Waals surface area contributed by atoms with E-state index in [0.29, 0.717) is 5.58 Å². The molecule has 1 heterocycles. The molecule has 0 amide bonds. The van der Waals surface area contributed by atoms with Crippen molar-refractivity contribution >= 4 is 11.0 Å². The minimum Gasteiger partial charge on any atom is -0.508 e. The molecule has 0 aliphatic carbocycles. The molecule has 3 heteroatoms. The number of phenolic OH excluding ortho intramolecular Hbond substituents is 1. The highest BCUT2D eigenvalue weighted by atomic mass is 16.4. The van der Waals surface area contributed by atoms with Gasteiger partial charge in [-0.3, -0.25) is 0 Å². The van der Waals surface area contributed by atoms with Crippen LogP contribution >= 0.6 is 0 Å². The van der Waals surface area contributed by atoms with Crippen LogP contribution in [0.2, 0.25) is 0 Å². The molecule has 16 heavy (non-hydrogen) atoms. The first-order chi connectivity index (χ1) is 7.38. The van der Waals surface area contributed by atoms with E-state index in [0.717, 1.165) is 10.9 Å². The van der Waals surface area contributed by atoms with Crippen molar-refractivity contribution in [1.82, 2.24) is 0 Å². The van der Waals surface area contributed by atoms with Gasteiger partial charge < -0.3 is 9.52 Å². The van der Waals surface area contributed by atoms with E-state index in [1.54, 1.807) is 12.1 Å². The van der Waals surface area contributed by atoms with Gasteiger partial charge in [0.2, 0.25) is 0 Å². The molecule has 1 aromatic carbocycles. The molecule has 0 saturated carbocycles. The number of fused-ring (bicyclic) bond motifs is 1. The lowest BCUT2D eigenvalue weighted by atomic mass is 9.84. The summed E-state index contributed by atoms with van der Waals surface area (Å²) < 4.78 is 5.06. The maximum absolute atomic E-state index is 11.1. The van der Waals surface area contributed by atoms with Gasteiger partial charge in [0.15, 0.2) is 0 Å². The van der Waals surface area contributed by atoms with Gasteiger partial charge in [-0.15, -0.1) is 0 Å². The second-order valence-electron chi connectivity index (χ2n) is 4.91. The minimum atomic E-state index is -0.405. The number of aromatic hydroxyl groups is 1. The summed E-state index contributed by atoms with van der Waals surface area (Å²) in [5.74, 6) is 0.117. The zero-order valence-electron chi connectivity index (χ0n) is 9.57. The predicted molar refractivity (Wildman–Crippen MR) is 62.8 cm³/mol. The van der Waals surface area contributed by atoms with Crippen molar-refractivity contribution in [3.63, 3.8) is 0 Å². The number of hydrogen-bond donors (Lipinski definition) is 1. The average molecular weight is 218 g/mol. The fourth-order valence-electron chi connectivity index (χ4n) is 1.78. The first-order valence-corrected chi connectivity index (χ1v) is 5.15. The number of hydrogen-bond acceptors (Lipinski definition) is 3. The second kappa shape index (κ2) is 3.37. The van der Waals surface area contributed by atoms with Gasteiger partial charge in [-0.2, -0.15) is 0 Å². The van der Waals surface area contributed by atoms with E-state index < -0.39 is 5.63 Å². The first kappa shape index (κ1) is 10.7. The van der Waals surface area contributed by atoms with Gasteiger partial charge in [0, 0.05) is 17.5 Å². The summed E-state index contributed by atoms with van der Waals surface area (Å²) in [6, 6.07) is 6.31. The Balaban J connectivity index is 2.89. The lowest BCUT2D eigenvalue weighted by molar-refractivity contribution is 0.469. The monoisotopic (exact) mass is 218 g/mol. The van der Waals surface area contributed by atoms with E-state index in [2.05, 4.69) is 0 Å². The molecule has 0 fully saturated rings. The highest BCUT2D eigenvalue weighted by molar-refractivity contribution is 5.82. The van der Waals surface area contributed by atoms with Crippen LogP contribution in [0, 0.1) is 0 Å². The summed E-state index contributed by atoms with van der Waals surface area (Å²) in [4.78, 5) is 11.1. The second-order valence-corrected chi connectivity index (χ2v) is 4.91. The molecule has 0 atom stereocenters. The van der Waals surface area contributed by atoms with Gasteiger partial charge in [0.1, 0.15) is 11.3 Å². The maximum Gasteiger partial charge on any atom is 0.336 e. The van der Waals surface area contributed by atoms with Crippen LogP contribution in [0.25, 0.3) is 11.0 Å². The Labute approximate surface area is 93.3 Å². The molecule has 84 valence electrons. The third kappa shape index (κ3) is 1.81. The Morgan fingerprint density at radius 1 is 1.19 bits per heavy atom. The topological polar surface area (TPSA) is 50.4 Å². The molecule has 2 aromatic rings. The number of rotatable bonds is 0. The Hall–Kier alpha value is -1.77. The summed E-state index contributed by atoms with van der Waals surface area (Å²) in [6.07, 6.45) is 0. The molecule has 1 N–H and O–H groups in total. The zero-order valence-corrected chi connectivity index (χ0v) is 9.57. The van der Waals surface area contributed by atoms with E-state index in [1.165, 1.54) is 12.1 Å². The van der Waals surface area contributed by atoms with Crippen LogP contribution in [0.4, 0.5) is 0 Å². The molecular weight excluding hydrogens is 204 g/mol. The molecule has 0 bridgehead atoms. The van der Waals surface area contributed by atoms with Crippen molar-refractivity contribution in [2.45, 2.75) is 26.2 Å². The molecule has 0 spiro atoms. The van der Waals surface area contributed by atoms with E-state index in [-0.39, 0.29) is 11.2 Å². The molecule has 0 radical (unpaired) electrons. The van der Waals surface area contributed by atoms with E-state index in [9.17, 15) is 9.90 Å². The van der Waals surface area contributed by atoms with Crippen LogP contribution in [0.15, 0.2) is 33.5 Å². The fourth-order valence-corrected chi connectivity index (χ4v) is 1.78. The van der Waals surface area contributed by atoms with Crippen LogP contribution in [-0.4, -0.2) is 5.11 Å². The third-order valence-corrected chi connectivity index (χ3v) is 2.53. The summed E-state index contributed by atoms with van der Waals surface area (Å²) in [7, 11) is 0. The molecule has 0 saturated heterocycles. The van der Waals surface area contributed by atoms with E-state index in [4.69, 9.17) is 4.42 Å². The normalized spacial score (nSPS) is 11.9. The van der Waals surface area contributed by atoms with Crippen LogP contribution < -0.4 is 5.63 Å². The molecule has 3 nitrogen and oxygen atoms in total. The molecular formula is C13H14O3. The molecule has 1 aromatic heterocycles. The van der Waals surface area contributed by atoms with Gasteiger partial charge in [-0.25, -0.2) is 4.79 Å². The molecule has 0 aliphatic heterocycles. The van der Waals surface area contributed by atoms with Crippen molar-refractivity contribution in [3.05, 3.63) is 40.2 Å². The standard InChI is InChI=1S/C13H14O3/c1-13(2,3)10-6-8(14)7-11-9(10)4-5-12(15)16-11/h4-7,14H,1-3H3. The highest BCUT2D eigenvalue weighted by Gasteiger charge is 2.18. The third-order valence-electron chi connectivity index (χ3n) is 2.53. The van der Waals surface area contributed by atoms with Gasteiger partial charge in [0.25, 0.3) is 0 Å². The summed E-state index contributed by atoms with van der Waals surface area (Å²) in [5.41, 5.74) is 0.873. The Morgan fingerprint density at radius 3 is 2.50 bits per heavy atom. The van der Waals surface area contributed by atoms with Crippen molar-refractivity contribution in [2.75, 3.05) is 0 Å². The molecule has 0 aliphatic rings. The van der Waals surface area contributed by atoms with Gasteiger partial charge >= 0.3 is 5.63 Å². The predicted octanol–water partition coefficient (Wildman–Crippen LogP) is 2.80. The zero-order chi connectivity index (χ0) is 11.9. The lowest BCUT2D eigenvalue weighted by Gasteiger charge is -2.21. The Bertz CT molecular complexity index is 588. The van der Waals surface area contributed by atoms with Gasteiger partial charge in [-0.1, -0.05) is 20.8 Å². The maximum atomic E-state index is 11.1. The number of phenols is 1. The quantitative estimate of drug-likeness (QED) is 0.692. The van der Waals surface area contributed by atoms with E-state index in [1.807, 2.05) is 20.8 Å². The van der Waals surface area contributed by atoms with Crippen LogP contribution in [0.1, 0.15) is 26.3 Å². The van der Waals surface area contributed by atoms with Gasteiger partial charge in [-0.05, 0) is 23.1 Å². The summed E-state index contributed by atoms with van der Waals surface area (Å²) >= 11 is 0. The SMILES string of the molecule is CC(C)(C)c1cc(O)cc2oc(=O)ccc12. The lowest BCUT2D eigenvalue weighted by Crippen LogP contribution is -2.12. The van der Waals surface area contributed by atoms with Crippen molar-refractivity contribution < 1.29 is 9.52 Å². The Morgan fingerprint density at radius 2 is 1.88 bits per heavy atom. The van der Waals surface area contributed by atoms with Crippen molar-refractivity contribution in [2.24, 2.45) is 0 Å². The highest BCUT2D eigenvalue weighted by Crippen LogP contribution is 2.32. The molecule has 2 rings (SSSR count). The van der Waals surface area contributed by atoms with Crippen LogP contribution in [-0.2, 0) is 5.41 Å². The largest absolute Gasteiger partial charge is 0.508 e. The Kier molecular flexibility index (Phi) is 2.26. The first-order valence-electron chi connectivity index (χ1n) is 5.15. The van der Waals surface area contributed by atoms with Crippen molar-refractivity contribution in [1.29, 1.82) is 0 Å². The van der Waals surface area contributed by atoms with Crippen LogP contribution in [0.5, 0.6) is 5.75 Å². The smallest absolute Gasteiger partial charge is 0.336 e. The van der Waals surface area contributed by atoms with Crippen LogP contribution in [0.3, 0.4) is 0 Å². The average Bonchev–Trinajstić information content (AvgIpc) is 2.14. The number of benzene rings is 1. The van der Waals surface area contributed by atoms with Gasteiger partial charge in [0.05, 0.1) is 0 Å². The summed E-state index contributed by atoms with van der Waals surface area (Å²) in [6.45, 7) is 6.14. The fraction of sp³-hybridized carbons (Fsp3) is 0.308. The molecule has 0 unspecified atom stereocenters. The summed E-state index contributed by atoms with van der Waals surface area (Å²) in [5, 5.41) is 10.5. The minimum absolute atomic E-state index is 0.114.